The number of anilines is 2. The van der Waals surface area contributed by atoms with Gasteiger partial charge in [-0.1, -0.05) is 12.1 Å². The Hall–Kier alpha value is -3.48. The number of carboxylic acid groups (broad SMARTS) is 1. The summed E-state index contributed by atoms with van der Waals surface area (Å²) in [6.45, 7) is 0. The first-order valence-corrected chi connectivity index (χ1v) is 6.81. The lowest BCUT2D eigenvalue weighted by Crippen LogP contribution is -2.20. The summed E-state index contributed by atoms with van der Waals surface area (Å²) in [6, 6.07) is 11.4. The SMILES string of the molecule is O=C([O-])C=CC(=O)Nc1ccccc1C(=O)Nc1ccc(F)cc1. The number of benzene rings is 2. The highest BCUT2D eigenvalue weighted by molar-refractivity contribution is 6.11. The van der Waals surface area contributed by atoms with E-state index in [9.17, 15) is 23.9 Å². The van der Waals surface area contributed by atoms with Gasteiger partial charge in [0.05, 0.1) is 17.2 Å². The van der Waals surface area contributed by atoms with Crippen molar-refractivity contribution < 1.29 is 23.9 Å². The number of amides is 2. The van der Waals surface area contributed by atoms with E-state index in [-0.39, 0.29) is 11.3 Å². The highest BCUT2D eigenvalue weighted by Gasteiger charge is 2.12. The predicted octanol–water partition coefficient (Wildman–Crippen LogP) is 1.32. The van der Waals surface area contributed by atoms with E-state index in [4.69, 9.17) is 0 Å². The van der Waals surface area contributed by atoms with Crippen LogP contribution in [0.4, 0.5) is 15.8 Å². The smallest absolute Gasteiger partial charge is 0.257 e. The van der Waals surface area contributed by atoms with E-state index in [1.807, 2.05) is 0 Å². The average Bonchev–Trinajstić information content (AvgIpc) is 2.55. The van der Waals surface area contributed by atoms with Crippen LogP contribution >= 0.6 is 0 Å². The molecule has 0 heterocycles. The summed E-state index contributed by atoms with van der Waals surface area (Å²) >= 11 is 0. The summed E-state index contributed by atoms with van der Waals surface area (Å²) in [5.41, 5.74) is 0.751. The lowest BCUT2D eigenvalue weighted by molar-refractivity contribution is -0.297. The van der Waals surface area contributed by atoms with Crippen molar-refractivity contribution in [1.29, 1.82) is 0 Å². The number of halogens is 1. The van der Waals surface area contributed by atoms with Gasteiger partial charge in [-0.05, 0) is 42.5 Å². The Morgan fingerprint density at radius 2 is 1.58 bits per heavy atom. The molecule has 0 spiro atoms. The fourth-order valence-electron chi connectivity index (χ4n) is 1.84. The minimum atomic E-state index is -1.51. The summed E-state index contributed by atoms with van der Waals surface area (Å²) in [5, 5.41) is 15.3. The third-order valence-corrected chi connectivity index (χ3v) is 2.90. The van der Waals surface area contributed by atoms with Gasteiger partial charge in [0, 0.05) is 11.8 Å². The molecule has 0 saturated carbocycles. The van der Waals surface area contributed by atoms with Gasteiger partial charge < -0.3 is 20.5 Å². The molecule has 7 heteroatoms. The Bertz CT molecular complexity index is 800. The second kappa shape index (κ2) is 7.68. The number of carbonyl (C=O) groups excluding carboxylic acids is 3. The van der Waals surface area contributed by atoms with Crippen molar-refractivity contribution in [3.63, 3.8) is 0 Å². The molecule has 122 valence electrons. The second-order valence-electron chi connectivity index (χ2n) is 4.65. The number of hydrogen-bond donors (Lipinski definition) is 2. The maximum atomic E-state index is 12.9. The quantitative estimate of drug-likeness (QED) is 0.809. The first-order chi connectivity index (χ1) is 11.5. The first-order valence-electron chi connectivity index (χ1n) is 6.81. The van der Waals surface area contributed by atoms with Crippen LogP contribution in [0.5, 0.6) is 0 Å². The molecule has 0 aliphatic carbocycles. The molecule has 0 bridgehead atoms. The Balaban J connectivity index is 2.15. The van der Waals surface area contributed by atoms with Gasteiger partial charge >= 0.3 is 0 Å². The first kappa shape index (κ1) is 16.9. The summed E-state index contributed by atoms with van der Waals surface area (Å²) < 4.78 is 12.9. The van der Waals surface area contributed by atoms with Gasteiger partial charge in [-0.25, -0.2) is 4.39 Å². The molecule has 2 rings (SSSR count). The molecule has 0 aliphatic heterocycles. The van der Waals surface area contributed by atoms with Gasteiger partial charge in [-0.3, -0.25) is 9.59 Å². The Kier molecular flexibility index (Phi) is 5.40. The van der Waals surface area contributed by atoms with E-state index in [1.165, 1.54) is 36.4 Å². The van der Waals surface area contributed by atoms with Crippen LogP contribution in [-0.2, 0) is 9.59 Å². The number of nitrogens with one attached hydrogen (secondary N) is 2. The Labute approximate surface area is 136 Å². The number of para-hydroxylation sites is 1. The van der Waals surface area contributed by atoms with Gasteiger partial charge in [0.25, 0.3) is 5.91 Å². The van der Waals surface area contributed by atoms with Gasteiger partial charge in [-0.2, -0.15) is 0 Å². The molecule has 6 nitrogen and oxygen atoms in total. The summed E-state index contributed by atoms with van der Waals surface area (Å²) in [4.78, 5) is 34.2. The van der Waals surface area contributed by atoms with Crippen molar-refractivity contribution in [2.24, 2.45) is 0 Å². The monoisotopic (exact) mass is 327 g/mol. The van der Waals surface area contributed by atoms with Crippen molar-refractivity contribution in [2.75, 3.05) is 10.6 Å². The zero-order valence-electron chi connectivity index (χ0n) is 12.3. The van der Waals surface area contributed by atoms with E-state index in [0.29, 0.717) is 11.8 Å². The predicted molar refractivity (Wildman–Crippen MR) is 83.6 cm³/mol. The zero-order chi connectivity index (χ0) is 17.5. The maximum absolute atomic E-state index is 12.9. The molecular weight excluding hydrogens is 315 g/mol. The molecule has 2 N–H and O–H groups in total. The van der Waals surface area contributed by atoms with Gasteiger partial charge in [-0.15, -0.1) is 0 Å². The summed E-state index contributed by atoms with van der Waals surface area (Å²) in [7, 11) is 0. The molecule has 0 saturated heterocycles. The lowest BCUT2D eigenvalue weighted by Gasteiger charge is -2.10. The number of rotatable bonds is 5. The lowest BCUT2D eigenvalue weighted by atomic mass is 10.1. The number of carbonyl (C=O) groups is 3. The standard InChI is InChI=1S/C17H13FN2O4/c18-11-5-7-12(8-6-11)19-17(24)13-3-1-2-4-14(13)20-15(21)9-10-16(22)23/h1-10H,(H,19,24)(H,20,21)(H,22,23)/p-1. The number of carboxylic acids is 1. The zero-order valence-corrected chi connectivity index (χ0v) is 12.3. The minimum absolute atomic E-state index is 0.164. The molecule has 2 aromatic carbocycles. The van der Waals surface area contributed by atoms with Crippen LogP contribution in [0.15, 0.2) is 60.7 Å². The van der Waals surface area contributed by atoms with Gasteiger partial charge in [0.1, 0.15) is 5.82 Å². The fraction of sp³-hybridized carbons (Fsp3) is 0. The average molecular weight is 327 g/mol. The van der Waals surface area contributed by atoms with Crippen molar-refractivity contribution in [3.8, 4) is 0 Å². The van der Waals surface area contributed by atoms with E-state index >= 15 is 0 Å². The fourth-order valence-corrected chi connectivity index (χ4v) is 1.84. The maximum Gasteiger partial charge on any atom is 0.257 e. The largest absolute Gasteiger partial charge is 0.545 e. The van der Waals surface area contributed by atoms with Crippen molar-refractivity contribution in [2.45, 2.75) is 0 Å². The van der Waals surface area contributed by atoms with Gasteiger partial charge in [0.2, 0.25) is 5.91 Å². The molecular formula is C17H12FN2O4-. The highest BCUT2D eigenvalue weighted by Crippen LogP contribution is 2.17. The van der Waals surface area contributed by atoms with Crippen LogP contribution < -0.4 is 15.7 Å². The summed E-state index contributed by atoms with van der Waals surface area (Å²) in [5.74, 6) is -3.17. The van der Waals surface area contributed by atoms with Crippen LogP contribution in [-0.4, -0.2) is 17.8 Å². The molecule has 2 amide bonds. The molecule has 0 unspecified atom stereocenters. The number of aliphatic carboxylic acids is 1. The third-order valence-electron chi connectivity index (χ3n) is 2.90. The molecule has 0 fully saturated rings. The molecule has 0 atom stereocenters. The third kappa shape index (κ3) is 4.77. The molecule has 0 radical (unpaired) electrons. The van der Waals surface area contributed by atoms with E-state index in [1.54, 1.807) is 12.1 Å². The highest BCUT2D eigenvalue weighted by atomic mass is 19.1. The van der Waals surface area contributed by atoms with Crippen molar-refractivity contribution in [1.82, 2.24) is 0 Å². The normalized spacial score (nSPS) is 10.4. The van der Waals surface area contributed by atoms with E-state index in [2.05, 4.69) is 10.6 Å². The van der Waals surface area contributed by atoms with Gasteiger partial charge in [0.15, 0.2) is 0 Å². The molecule has 0 aromatic heterocycles. The van der Waals surface area contributed by atoms with Crippen LogP contribution in [0.2, 0.25) is 0 Å². The molecule has 0 aliphatic rings. The second-order valence-corrected chi connectivity index (χ2v) is 4.65. The summed E-state index contributed by atoms with van der Waals surface area (Å²) in [6.07, 6.45) is 1.36. The van der Waals surface area contributed by atoms with Crippen LogP contribution in [0.1, 0.15) is 10.4 Å². The van der Waals surface area contributed by atoms with E-state index < -0.39 is 23.6 Å². The Morgan fingerprint density at radius 3 is 2.25 bits per heavy atom. The van der Waals surface area contributed by atoms with Crippen molar-refractivity contribution >= 4 is 29.2 Å². The number of hydrogen-bond acceptors (Lipinski definition) is 4. The topological polar surface area (TPSA) is 98.3 Å². The van der Waals surface area contributed by atoms with E-state index in [0.717, 1.165) is 6.08 Å². The van der Waals surface area contributed by atoms with Crippen LogP contribution in [0.25, 0.3) is 0 Å². The van der Waals surface area contributed by atoms with Crippen LogP contribution in [0.3, 0.4) is 0 Å². The molecule has 24 heavy (non-hydrogen) atoms. The van der Waals surface area contributed by atoms with Crippen molar-refractivity contribution in [3.05, 3.63) is 72.1 Å². The Morgan fingerprint density at radius 1 is 0.917 bits per heavy atom. The van der Waals surface area contributed by atoms with Crippen LogP contribution in [0, 0.1) is 5.82 Å². The minimum Gasteiger partial charge on any atom is -0.545 e. The molecule has 2 aromatic rings.